The molecule has 0 unspecified atom stereocenters. The van der Waals surface area contributed by atoms with Crippen molar-refractivity contribution < 1.29 is 5.11 Å². The number of aliphatic hydroxyl groups is 1. The van der Waals surface area contributed by atoms with Gasteiger partial charge in [-0.1, -0.05) is 18.2 Å². The van der Waals surface area contributed by atoms with E-state index < -0.39 is 0 Å². The zero-order valence-electron chi connectivity index (χ0n) is 10.7. The number of nitrogens with one attached hydrogen (secondary N) is 1. The maximum absolute atomic E-state index is 8.89. The summed E-state index contributed by atoms with van der Waals surface area (Å²) in [4.78, 5) is 5.26. The number of hydrogen-bond acceptors (Lipinski definition) is 5. The van der Waals surface area contributed by atoms with Gasteiger partial charge in [0.15, 0.2) is 0 Å². The number of hydrogen-bond donors (Lipinski definition) is 2. The number of anilines is 1. The highest BCUT2D eigenvalue weighted by Gasteiger charge is 1.99. The van der Waals surface area contributed by atoms with Crippen molar-refractivity contribution in [2.75, 3.05) is 17.8 Å². The Bertz CT molecular complexity index is 575. The fraction of sp³-hybridized carbons (Fsp3) is 0.143. The molecule has 2 N–H and O–H groups in total. The van der Waals surface area contributed by atoms with E-state index in [0.717, 1.165) is 14.9 Å². The molecule has 20 heavy (non-hydrogen) atoms. The largest absolute Gasteiger partial charge is 0.396 e. The third-order valence-electron chi connectivity index (χ3n) is 2.38. The molecule has 104 valence electrons. The maximum atomic E-state index is 8.89. The van der Waals surface area contributed by atoms with Crippen molar-refractivity contribution in [1.29, 1.82) is 0 Å². The molecule has 0 aliphatic carbocycles. The molecule has 4 nitrogen and oxygen atoms in total. The standard InChI is InChI=1S/C14H14BrN3OS/c15-12-5-6-14(16-10-12)18-17-9-11-3-1-2-4-13(11)20-8-7-19/h1-6,9-10,19H,7-8H2,(H,16,18). The van der Waals surface area contributed by atoms with Gasteiger partial charge in [0.2, 0.25) is 0 Å². The summed E-state index contributed by atoms with van der Waals surface area (Å²) in [6.45, 7) is 0.164. The Morgan fingerprint density at radius 3 is 2.90 bits per heavy atom. The van der Waals surface area contributed by atoms with Crippen molar-refractivity contribution in [3.05, 3.63) is 52.6 Å². The van der Waals surface area contributed by atoms with Gasteiger partial charge in [-0.25, -0.2) is 4.98 Å². The van der Waals surface area contributed by atoms with Crippen molar-refractivity contribution in [2.45, 2.75) is 4.90 Å². The Balaban J connectivity index is 2.01. The Labute approximate surface area is 130 Å². The number of thioether (sulfide) groups is 1. The molecule has 2 rings (SSSR count). The molecule has 1 aromatic carbocycles. The molecule has 0 saturated heterocycles. The second kappa shape index (κ2) is 8.04. The number of pyridine rings is 1. The lowest BCUT2D eigenvalue weighted by atomic mass is 10.2. The lowest BCUT2D eigenvalue weighted by Gasteiger charge is -2.04. The lowest BCUT2D eigenvalue weighted by molar-refractivity contribution is 0.322. The lowest BCUT2D eigenvalue weighted by Crippen LogP contribution is -1.95. The minimum Gasteiger partial charge on any atom is -0.396 e. The van der Waals surface area contributed by atoms with E-state index in [1.54, 1.807) is 24.2 Å². The minimum atomic E-state index is 0.164. The Hall–Kier alpha value is -1.37. The molecule has 1 heterocycles. The molecule has 2 aromatic rings. The van der Waals surface area contributed by atoms with Crippen LogP contribution in [0.1, 0.15) is 5.56 Å². The number of nitrogens with zero attached hydrogens (tertiary/aromatic N) is 2. The van der Waals surface area contributed by atoms with E-state index in [2.05, 4.69) is 31.4 Å². The van der Waals surface area contributed by atoms with Gasteiger partial charge < -0.3 is 5.11 Å². The van der Waals surface area contributed by atoms with Crippen LogP contribution in [0.3, 0.4) is 0 Å². The van der Waals surface area contributed by atoms with Crippen LogP contribution in [0.4, 0.5) is 5.82 Å². The molecule has 0 aliphatic rings. The first-order chi connectivity index (χ1) is 9.79. The van der Waals surface area contributed by atoms with Crippen LogP contribution in [0.25, 0.3) is 0 Å². The number of aliphatic hydroxyl groups excluding tert-OH is 1. The Morgan fingerprint density at radius 1 is 1.30 bits per heavy atom. The topological polar surface area (TPSA) is 57.5 Å². The van der Waals surface area contributed by atoms with Crippen LogP contribution in [-0.4, -0.2) is 28.7 Å². The van der Waals surface area contributed by atoms with Crippen molar-refractivity contribution >= 4 is 39.7 Å². The van der Waals surface area contributed by atoms with E-state index in [1.807, 2.05) is 36.4 Å². The van der Waals surface area contributed by atoms with Crippen molar-refractivity contribution in [3.8, 4) is 0 Å². The third kappa shape index (κ3) is 4.63. The molecule has 0 atom stereocenters. The molecule has 0 amide bonds. The molecular formula is C14H14BrN3OS. The summed E-state index contributed by atoms with van der Waals surface area (Å²) < 4.78 is 0.928. The highest BCUT2D eigenvalue weighted by molar-refractivity contribution is 9.10. The minimum absolute atomic E-state index is 0.164. The van der Waals surface area contributed by atoms with Crippen molar-refractivity contribution in [3.63, 3.8) is 0 Å². The third-order valence-corrected chi connectivity index (χ3v) is 3.92. The molecule has 6 heteroatoms. The molecule has 0 fully saturated rings. The van der Waals surface area contributed by atoms with Crippen LogP contribution >= 0.6 is 27.7 Å². The molecular weight excluding hydrogens is 338 g/mol. The Kier molecular flexibility index (Phi) is 6.04. The van der Waals surface area contributed by atoms with E-state index in [4.69, 9.17) is 5.11 Å². The first-order valence-corrected chi connectivity index (χ1v) is 7.81. The predicted molar refractivity (Wildman–Crippen MR) is 87.4 cm³/mol. The SMILES string of the molecule is OCCSc1ccccc1C=NNc1ccc(Br)cn1. The number of hydrazone groups is 1. The Morgan fingerprint density at radius 2 is 2.15 bits per heavy atom. The fourth-order valence-corrected chi connectivity index (χ4v) is 2.49. The van der Waals surface area contributed by atoms with Crippen molar-refractivity contribution in [2.24, 2.45) is 5.10 Å². The quantitative estimate of drug-likeness (QED) is 0.475. The first kappa shape index (κ1) is 15.0. The monoisotopic (exact) mass is 351 g/mol. The summed E-state index contributed by atoms with van der Waals surface area (Å²) in [5.74, 6) is 1.36. The van der Waals surface area contributed by atoms with Crippen LogP contribution < -0.4 is 5.43 Å². The van der Waals surface area contributed by atoms with Gasteiger partial charge in [0, 0.05) is 26.9 Å². The van der Waals surface area contributed by atoms with E-state index in [0.29, 0.717) is 11.6 Å². The average Bonchev–Trinajstić information content (AvgIpc) is 2.48. The van der Waals surface area contributed by atoms with Gasteiger partial charge in [-0.3, -0.25) is 5.43 Å². The molecule has 0 bridgehead atoms. The molecule has 0 spiro atoms. The second-order valence-corrected chi connectivity index (χ2v) is 5.89. The van der Waals surface area contributed by atoms with E-state index in [9.17, 15) is 0 Å². The smallest absolute Gasteiger partial charge is 0.146 e. The first-order valence-electron chi connectivity index (χ1n) is 6.03. The number of benzene rings is 1. The van der Waals surface area contributed by atoms with Crippen molar-refractivity contribution in [1.82, 2.24) is 4.98 Å². The summed E-state index contributed by atoms with van der Waals surface area (Å²) in [6.07, 6.45) is 3.46. The summed E-state index contributed by atoms with van der Waals surface area (Å²) in [6, 6.07) is 11.7. The number of rotatable bonds is 6. The van der Waals surface area contributed by atoms with Crippen LogP contribution in [-0.2, 0) is 0 Å². The zero-order valence-corrected chi connectivity index (χ0v) is 13.1. The van der Waals surface area contributed by atoms with E-state index >= 15 is 0 Å². The van der Waals surface area contributed by atoms with Gasteiger partial charge in [-0.05, 0) is 34.1 Å². The van der Waals surface area contributed by atoms with Gasteiger partial charge in [-0.15, -0.1) is 11.8 Å². The van der Waals surface area contributed by atoms with E-state index in [1.165, 1.54) is 0 Å². The van der Waals surface area contributed by atoms with Gasteiger partial charge in [-0.2, -0.15) is 5.10 Å². The van der Waals surface area contributed by atoms with E-state index in [-0.39, 0.29) is 6.61 Å². The van der Waals surface area contributed by atoms with Crippen LogP contribution in [0.2, 0.25) is 0 Å². The van der Waals surface area contributed by atoms with Gasteiger partial charge in [0.05, 0.1) is 12.8 Å². The molecule has 0 aliphatic heterocycles. The second-order valence-electron chi connectivity index (χ2n) is 3.84. The van der Waals surface area contributed by atoms with Crippen LogP contribution in [0, 0.1) is 0 Å². The number of aromatic nitrogens is 1. The summed E-state index contributed by atoms with van der Waals surface area (Å²) in [5.41, 5.74) is 3.89. The van der Waals surface area contributed by atoms with Crippen LogP contribution in [0.15, 0.2) is 57.1 Å². The van der Waals surface area contributed by atoms with Gasteiger partial charge >= 0.3 is 0 Å². The molecule has 0 radical (unpaired) electrons. The zero-order chi connectivity index (χ0) is 14.2. The summed E-state index contributed by atoms with van der Waals surface area (Å²) >= 11 is 4.94. The maximum Gasteiger partial charge on any atom is 0.146 e. The highest BCUT2D eigenvalue weighted by atomic mass is 79.9. The summed E-state index contributed by atoms with van der Waals surface area (Å²) in [5, 5.41) is 13.1. The highest BCUT2D eigenvalue weighted by Crippen LogP contribution is 2.20. The molecule has 1 aromatic heterocycles. The van der Waals surface area contributed by atoms with Gasteiger partial charge in [0.25, 0.3) is 0 Å². The fourth-order valence-electron chi connectivity index (χ4n) is 1.48. The normalized spacial score (nSPS) is 10.9. The van der Waals surface area contributed by atoms with Gasteiger partial charge in [0.1, 0.15) is 5.82 Å². The van der Waals surface area contributed by atoms with Crippen LogP contribution in [0.5, 0.6) is 0 Å². The summed E-state index contributed by atoms with van der Waals surface area (Å²) in [7, 11) is 0. The predicted octanol–water partition coefficient (Wildman–Crippen LogP) is 3.37. The average molecular weight is 352 g/mol. The number of halogens is 1. The molecule has 0 saturated carbocycles.